The summed E-state index contributed by atoms with van der Waals surface area (Å²) in [5.74, 6) is -0.456. The molecule has 0 heterocycles. The van der Waals surface area contributed by atoms with Gasteiger partial charge in [0.2, 0.25) is 0 Å². The molecule has 0 aromatic heterocycles. The number of hydrogen-bond acceptors (Lipinski definition) is 4. The number of ketones is 1. The van der Waals surface area contributed by atoms with E-state index in [0.717, 1.165) is 23.8 Å². The highest BCUT2D eigenvalue weighted by atomic mass is 79.9. The maximum Gasteiger partial charge on any atom is 0.195 e. The number of halogens is 4. The van der Waals surface area contributed by atoms with Gasteiger partial charge in [0.05, 0.1) is 24.9 Å². The highest BCUT2D eigenvalue weighted by molar-refractivity contribution is 9.10. The van der Waals surface area contributed by atoms with Gasteiger partial charge in [-0.2, -0.15) is 0 Å². The summed E-state index contributed by atoms with van der Waals surface area (Å²) in [6, 6.07) is 11.3. The van der Waals surface area contributed by atoms with Crippen LogP contribution in [0.15, 0.2) is 53.0 Å². The molecule has 3 aromatic rings. The molecule has 8 heteroatoms. The monoisotopic (exact) mass is 495 g/mol. The number of nitrogens with one attached hydrogen (secondary N) is 1. The highest BCUT2D eigenvalue weighted by Gasteiger charge is 2.19. The highest BCUT2D eigenvalue weighted by Crippen LogP contribution is 2.30. The fourth-order valence-corrected chi connectivity index (χ4v) is 3.64. The van der Waals surface area contributed by atoms with Crippen LogP contribution >= 0.6 is 27.5 Å². The second kappa shape index (κ2) is 9.45. The minimum atomic E-state index is -0.618. The number of rotatable bonds is 7. The van der Waals surface area contributed by atoms with E-state index in [1.807, 2.05) is 6.07 Å². The summed E-state index contributed by atoms with van der Waals surface area (Å²) in [7, 11) is 3.10. The molecule has 0 unspecified atom stereocenters. The summed E-state index contributed by atoms with van der Waals surface area (Å²) >= 11 is 9.27. The molecular formula is C22H17BrClF2NO3. The number of carbonyl (C=O) groups excluding carboxylic acids is 1. The zero-order chi connectivity index (χ0) is 21.8. The lowest BCUT2D eigenvalue weighted by molar-refractivity contribution is 0.103. The van der Waals surface area contributed by atoms with Crippen molar-refractivity contribution >= 4 is 39.0 Å². The van der Waals surface area contributed by atoms with Gasteiger partial charge in [-0.3, -0.25) is 4.79 Å². The third-order valence-corrected chi connectivity index (χ3v) is 5.41. The second-order valence-electron chi connectivity index (χ2n) is 6.30. The first-order valence-electron chi connectivity index (χ1n) is 8.77. The molecule has 0 aliphatic rings. The van der Waals surface area contributed by atoms with Gasteiger partial charge in [-0.15, -0.1) is 0 Å². The number of methoxy groups -OCH3 is 2. The largest absolute Gasteiger partial charge is 0.497 e. The third-order valence-electron chi connectivity index (χ3n) is 4.44. The molecule has 30 heavy (non-hydrogen) atoms. The first-order chi connectivity index (χ1) is 14.3. The van der Waals surface area contributed by atoms with Crippen LogP contribution in [0.4, 0.5) is 14.5 Å². The van der Waals surface area contributed by atoms with E-state index in [4.69, 9.17) is 21.1 Å². The van der Waals surface area contributed by atoms with Gasteiger partial charge in [0.25, 0.3) is 0 Å². The average Bonchev–Trinajstić information content (AvgIpc) is 2.73. The van der Waals surface area contributed by atoms with Crippen molar-refractivity contribution in [2.24, 2.45) is 0 Å². The maximum absolute atomic E-state index is 14.7. The van der Waals surface area contributed by atoms with Crippen molar-refractivity contribution in [3.05, 3.63) is 86.4 Å². The van der Waals surface area contributed by atoms with Gasteiger partial charge < -0.3 is 14.8 Å². The molecule has 0 spiro atoms. The molecule has 0 atom stereocenters. The molecule has 0 fully saturated rings. The molecule has 0 saturated heterocycles. The van der Waals surface area contributed by atoms with Crippen molar-refractivity contribution in [3.63, 3.8) is 0 Å². The van der Waals surface area contributed by atoms with Crippen LogP contribution in [-0.2, 0) is 6.54 Å². The topological polar surface area (TPSA) is 47.6 Å². The lowest BCUT2D eigenvalue weighted by Gasteiger charge is -2.14. The van der Waals surface area contributed by atoms with Crippen LogP contribution in [0, 0.1) is 11.6 Å². The van der Waals surface area contributed by atoms with E-state index < -0.39 is 17.4 Å². The summed E-state index contributed by atoms with van der Waals surface area (Å²) in [6.45, 7) is 0.285. The predicted octanol–water partition coefficient (Wildman–Crippen LogP) is 6.24. The summed E-state index contributed by atoms with van der Waals surface area (Å²) in [4.78, 5) is 12.7. The zero-order valence-corrected chi connectivity index (χ0v) is 18.4. The van der Waals surface area contributed by atoms with Crippen LogP contribution in [0.1, 0.15) is 21.5 Å². The Labute approximate surface area is 185 Å². The molecule has 3 aromatic carbocycles. The van der Waals surface area contributed by atoms with Crippen LogP contribution in [0.2, 0.25) is 5.02 Å². The van der Waals surface area contributed by atoms with E-state index in [9.17, 15) is 13.6 Å². The second-order valence-corrected chi connectivity index (χ2v) is 7.56. The Morgan fingerprint density at radius 1 is 1.03 bits per heavy atom. The average molecular weight is 497 g/mol. The van der Waals surface area contributed by atoms with Crippen molar-refractivity contribution in [1.29, 1.82) is 0 Å². The summed E-state index contributed by atoms with van der Waals surface area (Å²) in [5.41, 5.74) is 1.16. The molecule has 0 amide bonds. The zero-order valence-electron chi connectivity index (χ0n) is 16.1. The van der Waals surface area contributed by atoms with Crippen molar-refractivity contribution in [3.8, 4) is 11.5 Å². The minimum Gasteiger partial charge on any atom is -0.497 e. The van der Waals surface area contributed by atoms with Crippen LogP contribution in [0.5, 0.6) is 11.5 Å². The molecule has 0 aliphatic heterocycles. The van der Waals surface area contributed by atoms with Crippen molar-refractivity contribution in [1.82, 2.24) is 0 Å². The molecule has 1 N–H and O–H groups in total. The normalized spacial score (nSPS) is 10.6. The van der Waals surface area contributed by atoms with E-state index in [0.29, 0.717) is 16.0 Å². The molecule has 0 bridgehead atoms. The van der Waals surface area contributed by atoms with Gasteiger partial charge in [0.1, 0.15) is 23.1 Å². The predicted molar refractivity (Wildman–Crippen MR) is 116 cm³/mol. The standard InChI is InChI=1S/C22H17BrClF2NO3/c1-29-14-5-3-12(21(8-14)30-2)11-27-20-10-17(23)16(9-19(20)26)22(28)15-6-4-13(25)7-18(15)24/h3-10,27H,11H2,1-2H3. The lowest BCUT2D eigenvalue weighted by atomic mass is 10.0. The first-order valence-corrected chi connectivity index (χ1v) is 9.94. The van der Waals surface area contributed by atoms with Crippen LogP contribution < -0.4 is 14.8 Å². The SMILES string of the molecule is COc1ccc(CNc2cc(Br)c(C(=O)c3ccc(F)cc3Cl)cc2F)c(OC)c1. The minimum absolute atomic E-state index is 0.0406. The summed E-state index contributed by atoms with van der Waals surface area (Å²) in [5, 5.41) is 2.95. The van der Waals surface area contributed by atoms with Gasteiger partial charge in [0.15, 0.2) is 5.78 Å². The Morgan fingerprint density at radius 3 is 2.47 bits per heavy atom. The molecule has 3 rings (SSSR count). The number of benzene rings is 3. The van der Waals surface area contributed by atoms with Gasteiger partial charge in [-0.25, -0.2) is 8.78 Å². The van der Waals surface area contributed by atoms with E-state index in [2.05, 4.69) is 21.2 Å². The number of anilines is 1. The van der Waals surface area contributed by atoms with E-state index >= 15 is 0 Å². The van der Waals surface area contributed by atoms with Gasteiger partial charge in [0, 0.05) is 33.8 Å². The van der Waals surface area contributed by atoms with Crippen molar-refractivity contribution in [2.45, 2.75) is 6.54 Å². The summed E-state index contributed by atoms with van der Waals surface area (Å²) in [6.07, 6.45) is 0. The molecule has 0 aliphatic carbocycles. The number of hydrogen-bond donors (Lipinski definition) is 1. The van der Waals surface area contributed by atoms with Crippen LogP contribution in [0.25, 0.3) is 0 Å². The molecule has 0 saturated carbocycles. The van der Waals surface area contributed by atoms with Gasteiger partial charge in [-0.05, 0) is 58.4 Å². The quantitative estimate of drug-likeness (QED) is 0.393. The maximum atomic E-state index is 14.7. The van der Waals surface area contributed by atoms with Crippen molar-refractivity contribution < 1.29 is 23.0 Å². The third kappa shape index (κ3) is 4.74. The molecule has 4 nitrogen and oxygen atoms in total. The van der Waals surface area contributed by atoms with Crippen molar-refractivity contribution in [2.75, 3.05) is 19.5 Å². The molecule has 156 valence electrons. The Bertz CT molecular complexity index is 1110. The Kier molecular flexibility index (Phi) is 6.95. The Morgan fingerprint density at radius 2 is 1.80 bits per heavy atom. The molecule has 0 radical (unpaired) electrons. The lowest BCUT2D eigenvalue weighted by Crippen LogP contribution is -2.08. The first kappa shape index (κ1) is 22.1. The van der Waals surface area contributed by atoms with E-state index in [-0.39, 0.29) is 28.4 Å². The van der Waals surface area contributed by atoms with E-state index in [1.165, 1.54) is 19.2 Å². The van der Waals surface area contributed by atoms with Crippen LogP contribution in [0.3, 0.4) is 0 Å². The Hall–Kier alpha value is -2.64. The van der Waals surface area contributed by atoms with Gasteiger partial charge >= 0.3 is 0 Å². The summed E-state index contributed by atoms with van der Waals surface area (Å²) < 4.78 is 38.8. The number of carbonyl (C=O) groups is 1. The van der Waals surface area contributed by atoms with Crippen LogP contribution in [-0.4, -0.2) is 20.0 Å². The molecular weight excluding hydrogens is 480 g/mol. The smallest absolute Gasteiger partial charge is 0.195 e. The fraction of sp³-hybridized carbons (Fsp3) is 0.136. The number of ether oxygens (including phenoxy) is 2. The van der Waals surface area contributed by atoms with E-state index in [1.54, 1.807) is 19.2 Å². The Balaban J connectivity index is 1.84. The van der Waals surface area contributed by atoms with Gasteiger partial charge in [-0.1, -0.05) is 11.6 Å². The fourth-order valence-electron chi connectivity index (χ4n) is 2.86.